The topological polar surface area (TPSA) is 105 Å². The van der Waals surface area contributed by atoms with E-state index in [1.165, 1.54) is 72.0 Å². The van der Waals surface area contributed by atoms with E-state index < -0.39 is 6.16 Å². The minimum atomic E-state index is -1.83. The number of thiophene rings is 1. The number of ether oxygens (including phenoxy) is 1. The van der Waals surface area contributed by atoms with Crippen molar-refractivity contribution in [3.8, 4) is 5.75 Å². The van der Waals surface area contributed by atoms with Crippen molar-refractivity contribution in [2.45, 2.75) is 70.3 Å². The number of halogens is 1. The van der Waals surface area contributed by atoms with Crippen molar-refractivity contribution >= 4 is 45.1 Å². The zero-order valence-electron chi connectivity index (χ0n) is 19.3. The number of methoxy groups -OCH3 is 1. The molecule has 1 aromatic carbocycles. The van der Waals surface area contributed by atoms with Gasteiger partial charge in [0.05, 0.1) is 17.5 Å². The average Bonchev–Trinajstić information content (AvgIpc) is 3.21. The number of anilines is 1. The smallest absolute Gasteiger partial charge is 0.495 e. The van der Waals surface area contributed by atoms with Gasteiger partial charge in [-0.2, -0.15) is 0 Å². The molecule has 5 rings (SSSR count). The highest BCUT2D eigenvalue weighted by Gasteiger charge is 2.24. The van der Waals surface area contributed by atoms with Crippen molar-refractivity contribution in [2.75, 3.05) is 12.4 Å². The molecule has 7 nitrogen and oxygen atoms in total. The van der Waals surface area contributed by atoms with Gasteiger partial charge in [0.2, 0.25) is 0 Å². The Morgan fingerprint density at radius 1 is 1.15 bits per heavy atom. The first-order valence-corrected chi connectivity index (χ1v) is 13.0. The predicted molar refractivity (Wildman–Crippen MR) is 136 cm³/mol. The highest BCUT2D eigenvalue weighted by atomic mass is 35.5. The van der Waals surface area contributed by atoms with Crippen LogP contribution in [-0.4, -0.2) is 33.4 Å². The molecule has 0 bridgehead atoms. The van der Waals surface area contributed by atoms with E-state index in [4.69, 9.17) is 41.3 Å². The van der Waals surface area contributed by atoms with E-state index in [9.17, 15) is 0 Å². The van der Waals surface area contributed by atoms with Crippen LogP contribution >= 0.6 is 22.9 Å². The summed E-state index contributed by atoms with van der Waals surface area (Å²) >= 11 is 8.23. The number of aryl methyl sites for hydroxylation is 2. The molecule has 3 N–H and O–H groups in total. The van der Waals surface area contributed by atoms with Crippen LogP contribution in [0.3, 0.4) is 0 Å². The first kappa shape index (κ1) is 24.5. The molecule has 0 amide bonds. The van der Waals surface area contributed by atoms with Gasteiger partial charge in [0.15, 0.2) is 0 Å². The normalized spacial score (nSPS) is 15.8. The van der Waals surface area contributed by atoms with Crippen LogP contribution in [0.5, 0.6) is 5.75 Å². The lowest BCUT2D eigenvalue weighted by Gasteiger charge is -2.21. The summed E-state index contributed by atoms with van der Waals surface area (Å²) < 4.78 is 5.28. The Hall–Kier alpha value is -2.58. The first-order valence-electron chi connectivity index (χ1n) is 11.8. The molecule has 182 valence electrons. The second-order valence-corrected chi connectivity index (χ2v) is 10.3. The van der Waals surface area contributed by atoms with Crippen molar-refractivity contribution in [1.29, 1.82) is 0 Å². The minimum absolute atomic E-state index is 0.498. The van der Waals surface area contributed by atoms with Crippen LogP contribution in [0.1, 0.15) is 72.7 Å². The van der Waals surface area contributed by atoms with Crippen LogP contribution in [0.25, 0.3) is 10.2 Å². The van der Waals surface area contributed by atoms with E-state index in [0.717, 1.165) is 23.6 Å². The van der Waals surface area contributed by atoms with E-state index in [1.54, 1.807) is 7.11 Å². The molecular formula is C25H30ClN3O4S. The SMILES string of the molecule is COc1ccc(CNc2nc(C3CCCCC3)nc3sc4c(c23)CCCC4)cc1Cl.O=C(O)O. The summed E-state index contributed by atoms with van der Waals surface area (Å²) in [5.74, 6) is 3.25. The molecule has 3 aromatic rings. The van der Waals surface area contributed by atoms with Gasteiger partial charge in [-0.1, -0.05) is 36.9 Å². The molecule has 0 saturated heterocycles. The molecule has 0 aliphatic heterocycles. The molecule has 1 saturated carbocycles. The van der Waals surface area contributed by atoms with Gasteiger partial charge in [-0.25, -0.2) is 14.8 Å². The van der Waals surface area contributed by atoms with Gasteiger partial charge in [-0.15, -0.1) is 11.3 Å². The second kappa shape index (κ2) is 11.2. The van der Waals surface area contributed by atoms with E-state index in [0.29, 0.717) is 23.2 Å². The molecule has 9 heteroatoms. The molecule has 2 aliphatic carbocycles. The minimum Gasteiger partial charge on any atom is -0.495 e. The Bertz CT molecular complexity index is 1160. The number of nitrogens with one attached hydrogen (secondary N) is 1. The lowest BCUT2D eigenvalue weighted by molar-refractivity contribution is 0.137. The van der Waals surface area contributed by atoms with E-state index in [1.807, 2.05) is 23.5 Å². The summed E-state index contributed by atoms with van der Waals surface area (Å²) in [6.07, 6.45) is 9.39. The van der Waals surface area contributed by atoms with Gasteiger partial charge in [0.25, 0.3) is 0 Å². The van der Waals surface area contributed by atoms with Crippen molar-refractivity contribution < 1.29 is 19.7 Å². The number of aromatic nitrogens is 2. The summed E-state index contributed by atoms with van der Waals surface area (Å²) in [5.41, 5.74) is 2.60. The van der Waals surface area contributed by atoms with Gasteiger partial charge in [0.1, 0.15) is 22.2 Å². The van der Waals surface area contributed by atoms with E-state index in [2.05, 4.69) is 11.4 Å². The number of fused-ring (bicyclic) bond motifs is 3. The van der Waals surface area contributed by atoms with Crippen molar-refractivity contribution in [3.63, 3.8) is 0 Å². The number of benzene rings is 1. The molecular weight excluding hydrogens is 474 g/mol. The fourth-order valence-electron chi connectivity index (χ4n) is 4.85. The van der Waals surface area contributed by atoms with Gasteiger partial charge < -0.3 is 20.3 Å². The van der Waals surface area contributed by atoms with Crippen LogP contribution in [0, 0.1) is 0 Å². The van der Waals surface area contributed by atoms with Crippen LogP contribution in [0.4, 0.5) is 10.6 Å². The maximum atomic E-state index is 8.56. The summed E-state index contributed by atoms with van der Waals surface area (Å²) in [5, 5.41) is 19.5. The summed E-state index contributed by atoms with van der Waals surface area (Å²) in [6.45, 7) is 0.685. The maximum Gasteiger partial charge on any atom is 0.503 e. The van der Waals surface area contributed by atoms with Gasteiger partial charge in [-0.05, 0) is 61.8 Å². The standard InChI is InChI=1S/C24H28ClN3OS.CH2O3/c1-29-19-12-11-15(13-18(19)25)14-26-23-21-17-9-5-6-10-20(17)30-24(21)28-22(27-23)16-7-3-2-4-8-16;2-1(3)4/h11-13,16H,2-10,14H2,1H3,(H,26,27,28);(H2,2,3,4). The lowest BCUT2D eigenvalue weighted by Crippen LogP contribution is -2.11. The number of nitrogens with zero attached hydrogens (tertiary/aromatic N) is 2. The van der Waals surface area contributed by atoms with Crippen molar-refractivity contribution in [3.05, 3.63) is 45.1 Å². The monoisotopic (exact) mass is 503 g/mol. The molecule has 2 aliphatic rings. The maximum absolute atomic E-state index is 8.56. The van der Waals surface area contributed by atoms with Crippen molar-refractivity contribution in [1.82, 2.24) is 9.97 Å². The largest absolute Gasteiger partial charge is 0.503 e. The third kappa shape index (κ3) is 5.73. The number of hydrogen-bond donors (Lipinski definition) is 3. The number of carboxylic acid groups (broad SMARTS) is 2. The summed E-state index contributed by atoms with van der Waals surface area (Å²) in [7, 11) is 1.64. The van der Waals surface area contributed by atoms with E-state index in [-0.39, 0.29) is 0 Å². The third-order valence-electron chi connectivity index (χ3n) is 6.48. The summed E-state index contributed by atoms with van der Waals surface area (Å²) in [6, 6.07) is 5.95. The molecule has 2 aromatic heterocycles. The van der Waals surface area contributed by atoms with E-state index >= 15 is 0 Å². The number of rotatable bonds is 5. The predicted octanol–water partition coefficient (Wildman–Crippen LogP) is 7.11. The number of hydrogen-bond acceptors (Lipinski definition) is 6. The Balaban J connectivity index is 0.000000636. The Morgan fingerprint density at radius 3 is 2.59 bits per heavy atom. The van der Waals surface area contributed by atoms with Gasteiger partial charge in [0, 0.05) is 17.3 Å². The quantitative estimate of drug-likeness (QED) is 0.340. The van der Waals surface area contributed by atoms with Crippen molar-refractivity contribution in [2.24, 2.45) is 0 Å². The molecule has 2 heterocycles. The van der Waals surface area contributed by atoms with Crippen LogP contribution in [-0.2, 0) is 19.4 Å². The fourth-order valence-corrected chi connectivity index (χ4v) is 6.40. The van der Waals surface area contributed by atoms with Crippen LogP contribution in [0.15, 0.2) is 18.2 Å². The van der Waals surface area contributed by atoms with Gasteiger partial charge >= 0.3 is 6.16 Å². The molecule has 0 spiro atoms. The third-order valence-corrected chi connectivity index (χ3v) is 7.96. The van der Waals surface area contributed by atoms with Gasteiger partial charge in [-0.3, -0.25) is 0 Å². The average molecular weight is 504 g/mol. The molecule has 0 atom stereocenters. The Labute approximate surface area is 208 Å². The molecule has 0 unspecified atom stereocenters. The van der Waals surface area contributed by atoms with Crippen LogP contribution < -0.4 is 10.1 Å². The first-order chi connectivity index (χ1) is 16.5. The lowest BCUT2D eigenvalue weighted by atomic mass is 9.88. The zero-order chi connectivity index (χ0) is 24.1. The summed E-state index contributed by atoms with van der Waals surface area (Å²) in [4.78, 5) is 21.4. The fraction of sp³-hybridized carbons (Fsp3) is 0.480. The second-order valence-electron chi connectivity index (χ2n) is 8.76. The van der Waals surface area contributed by atoms with Crippen LogP contribution in [0.2, 0.25) is 5.02 Å². The highest BCUT2D eigenvalue weighted by molar-refractivity contribution is 7.19. The highest BCUT2D eigenvalue weighted by Crippen LogP contribution is 2.41. The number of carbonyl (C=O) groups is 1. The molecule has 1 fully saturated rings. The Kier molecular flexibility index (Phi) is 8.11. The molecule has 0 radical (unpaired) electrons. The molecule has 34 heavy (non-hydrogen) atoms. The Morgan fingerprint density at radius 2 is 1.88 bits per heavy atom. The zero-order valence-corrected chi connectivity index (χ0v) is 20.8.